The maximum absolute atomic E-state index is 13.2. The number of hydrogen-bond acceptors (Lipinski definition) is 4. The molecule has 1 N–H and O–H groups in total. The molecule has 5 nitrogen and oxygen atoms in total. The summed E-state index contributed by atoms with van der Waals surface area (Å²) in [6.07, 6.45) is 5.79. The number of anilines is 1. The van der Waals surface area contributed by atoms with E-state index in [0.29, 0.717) is 23.4 Å². The Kier molecular flexibility index (Phi) is 6.43. The molecule has 1 amide bonds. The number of pyridine rings is 1. The number of halogens is 1. The summed E-state index contributed by atoms with van der Waals surface area (Å²) in [5.74, 6) is 0.303. The van der Waals surface area contributed by atoms with Gasteiger partial charge in [0.15, 0.2) is 0 Å². The zero-order valence-corrected chi connectivity index (χ0v) is 17.8. The number of thioether (sulfide) groups is 1. The number of hydrogen-bond donors (Lipinski definition) is 1. The van der Waals surface area contributed by atoms with E-state index in [1.54, 1.807) is 41.0 Å². The SMILES string of the molecule is CCc1c(C(=O)Nc2ccc(SCc3cccnc3)cc2)cnn1-c1ccc(F)cc1. The lowest BCUT2D eigenvalue weighted by atomic mass is 10.2. The van der Waals surface area contributed by atoms with Crippen molar-refractivity contribution in [3.63, 3.8) is 0 Å². The first-order valence-corrected chi connectivity index (χ1v) is 10.9. The molecule has 0 radical (unpaired) electrons. The number of rotatable bonds is 7. The first-order valence-electron chi connectivity index (χ1n) is 9.90. The van der Waals surface area contributed by atoms with Gasteiger partial charge in [-0.15, -0.1) is 11.8 Å². The van der Waals surface area contributed by atoms with Crippen molar-refractivity contribution >= 4 is 23.4 Å². The minimum atomic E-state index is -0.311. The summed E-state index contributed by atoms with van der Waals surface area (Å²) >= 11 is 1.71. The molecule has 0 atom stereocenters. The summed E-state index contributed by atoms with van der Waals surface area (Å²) in [6, 6.07) is 17.8. The Bertz CT molecular complexity index is 1160. The van der Waals surface area contributed by atoms with Crippen LogP contribution in [-0.4, -0.2) is 20.7 Å². The average Bonchev–Trinajstić information content (AvgIpc) is 3.24. The van der Waals surface area contributed by atoms with Gasteiger partial charge in [0.2, 0.25) is 0 Å². The van der Waals surface area contributed by atoms with Crippen LogP contribution in [0.25, 0.3) is 5.69 Å². The molecule has 7 heteroatoms. The van der Waals surface area contributed by atoms with Gasteiger partial charge in [0, 0.05) is 28.7 Å². The monoisotopic (exact) mass is 432 g/mol. The number of aromatic nitrogens is 3. The van der Waals surface area contributed by atoms with Crippen molar-refractivity contribution in [2.24, 2.45) is 0 Å². The van der Waals surface area contributed by atoms with Crippen molar-refractivity contribution in [1.82, 2.24) is 14.8 Å². The number of benzene rings is 2. The highest BCUT2D eigenvalue weighted by molar-refractivity contribution is 7.98. The predicted molar refractivity (Wildman–Crippen MR) is 121 cm³/mol. The van der Waals surface area contributed by atoms with Crippen LogP contribution < -0.4 is 5.32 Å². The third-order valence-electron chi connectivity index (χ3n) is 4.76. The zero-order chi connectivity index (χ0) is 21.6. The van der Waals surface area contributed by atoms with Gasteiger partial charge in [0.05, 0.1) is 23.1 Å². The summed E-state index contributed by atoms with van der Waals surface area (Å²) in [4.78, 5) is 18.1. The van der Waals surface area contributed by atoms with Gasteiger partial charge in [0.25, 0.3) is 5.91 Å². The third-order valence-corrected chi connectivity index (χ3v) is 5.84. The molecule has 4 rings (SSSR count). The number of nitrogens with one attached hydrogen (secondary N) is 1. The van der Waals surface area contributed by atoms with Crippen LogP contribution in [0.1, 0.15) is 28.5 Å². The van der Waals surface area contributed by atoms with Gasteiger partial charge in [-0.2, -0.15) is 5.10 Å². The van der Waals surface area contributed by atoms with E-state index in [1.807, 2.05) is 49.5 Å². The van der Waals surface area contributed by atoms with Crippen LogP contribution in [0.4, 0.5) is 10.1 Å². The highest BCUT2D eigenvalue weighted by Gasteiger charge is 2.17. The maximum Gasteiger partial charge on any atom is 0.259 e. The van der Waals surface area contributed by atoms with Gasteiger partial charge in [0.1, 0.15) is 5.82 Å². The van der Waals surface area contributed by atoms with Gasteiger partial charge < -0.3 is 5.32 Å². The molecule has 0 aliphatic carbocycles. The molecular weight excluding hydrogens is 411 g/mol. The van der Waals surface area contributed by atoms with E-state index in [-0.39, 0.29) is 11.7 Å². The highest BCUT2D eigenvalue weighted by Crippen LogP contribution is 2.24. The lowest BCUT2D eigenvalue weighted by Gasteiger charge is -2.09. The van der Waals surface area contributed by atoms with E-state index < -0.39 is 0 Å². The maximum atomic E-state index is 13.2. The fraction of sp³-hybridized carbons (Fsp3) is 0.125. The van der Waals surface area contributed by atoms with E-state index in [4.69, 9.17) is 0 Å². The van der Waals surface area contributed by atoms with Gasteiger partial charge in [-0.3, -0.25) is 9.78 Å². The quantitative estimate of drug-likeness (QED) is 0.391. The van der Waals surface area contributed by atoms with Gasteiger partial charge in [-0.05, 0) is 66.6 Å². The van der Waals surface area contributed by atoms with E-state index >= 15 is 0 Å². The minimum Gasteiger partial charge on any atom is -0.322 e. The fourth-order valence-corrected chi connectivity index (χ4v) is 4.02. The summed E-state index contributed by atoms with van der Waals surface area (Å²) < 4.78 is 14.9. The Morgan fingerprint density at radius 2 is 1.84 bits per heavy atom. The normalized spacial score (nSPS) is 10.8. The Morgan fingerprint density at radius 3 is 2.52 bits per heavy atom. The largest absolute Gasteiger partial charge is 0.322 e. The van der Waals surface area contributed by atoms with Crippen molar-refractivity contribution in [2.75, 3.05) is 5.32 Å². The number of amides is 1. The van der Waals surface area contributed by atoms with Crippen molar-refractivity contribution in [3.8, 4) is 5.69 Å². The van der Waals surface area contributed by atoms with Gasteiger partial charge in [-0.25, -0.2) is 9.07 Å². The van der Waals surface area contributed by atoms with Crippen LogP contribution in [0.5, 0.6) is 0 Å². The number of carbonyl (C=O) groups is 1. The lowest BCUT2D eigenvalue weighted by molar-refractivity contribution is 0.102. The molecule has 0 fully saturated rings. The molecule has 2 heterocycles. The molecule has 31 heavy (non-hydrogen) atoms. The molecule has 0 unspecified atom stereocenters. The zero-order valence-electron chi connectivity index (χ0n) is 17.0. The van der Waals surface area contributed by atoms with E-state index in [0.717, 1.165) is 21.9 Å². The average molecular weight is 433 g/mol. The van der Waals surface area contributed by atoms with Crippen molar-refractivity contribution in [2.45, 2.75) is 24.0 Å². The molecule has 4 aromatic rings. The first-order chi connectivity index (χ1) is 15.1. The minimum absolute atomic E-state index is 0.221. The topological polar surface area (TPSA) is 59.8 Å². The van der Waals surface area contributed by atoms with E-state index in [9.17, 15) is 9.18 Å². The molecule has 2 aromatic carbocycles. The fourth-order valence-electron chi connectivity index (χ4n) is 3.19. The predicted octanol–water partition coefficient (Wildman–Crippen LogP) is 5.51. The van der Waals surface area contributed by atoms with Crippen LogP contribution in [0, 0.1) is 5.82 Å². The molecule has 0 saturated carbocycles. The molecule has 156 valence electrons. The lowest BCUT2D eigenvalue weighted by Crippen LogP contribution is -2.14. The number of carbonyl (C=O) groups excluding carboxylic acids is 1. The highest BCUT2D eigenvalue weighted by atomic mass is 32.2. The summed E-state index contributed by atoms with van der Waals surface area (Å²) in [5.41, 5.74) is 3.87. The molecule has 0 spiro atoms. The number of nitrogens with zero attached hydrogens (tertiary/aromatic N) is 3. The summed E-state index contributed by atoms with van der Waals surface area (Å²) in [5, 5.41) is 7.28. The summed E-state index contributed by atoms with van der Waals surface area (Å²) in [7, 11) is 0. The molecular formula is C24H21FN4OS. The van der Waals surface area contributed by atoms with Crippen molar-refractivity contribution < 1.29 is 9.18 Å². The second kappa shape index (κ2) is 9.57. The Balaban J connectivity index is 1.44. The first kappa shape index (κ1) is 20.8. The van der Waals surface area contributed by atoms with Crippen molar-refractivity contribution in [3.05, 3.63) is 102 Å². The van der Waals surface area contributed by atoms with E-state index in [2.05, 4.69) is 15.4 Å². The summed E-state index contributed by atoms with van der Waals surface area (Å²) in [6.45, 7) is 1.96. The van der Waals surface area contributed by atoms with Crippen LogP contribution in [-0.2, 0) is 12.2 Å². The standard InChI is InChI=1S/C24H21FN4OS/c1-2-23-22(15-27-29(23)20-9-5-18(25)6-10-20)24(30)28-19-7-11-21(12-8-19)31-16-17-4-3-13-26-14-17/h3-15H,2,16H2,1H3,(H,28,30). The molecule has 0 aliphatic heterocycles. The van der Waals surface area contributed by atoms with Crippen LogP contribution in [0.3, 0.4) is 0 Å². The molecule has 0 bridgehead atoms. The Morgan fingerprint density at radius 1 is 1.06 bits per heavy atom. The van der Waals surface area contributed by atoms with E-state index in [1.165, 1.54) is 12.1 Å². The van der Waals surface area contributed by atoms with Crippen LogP contribution >= 0.6 is 11.8 Å². The third kappa shape index (κ3) is 5.00. The van der Waals surface area contributed by atoms with Crippen LogP contribution in [0.15, 0.2) is 84.1 Å². The van der Waals surface area contributed by atoms with Crippen molar-refractivity contribution in [1.29, 1.82) is 0 Å². The Labute approximate surface area is 184 Å². The molecule has 0 aliphatic rings. The molecule has 0 saturated heterocycles. The van der Waals surface area contributed by atoms with Crippen LogP contribution in [0.2, 0.25) is 0 Å². The van der Waals surface area contributed by atoms with Gasteiger partial charge in [-0.1, -0.05) is 13.0 Å². The second-order valence-corrected chi connectivity index (χ2v) is 7.92. The molecule has 2 aromatic heterocycles. The Hall–Kier alpha value is -3.45. The van der Waals surface area contributed by atoms with Gasteiger partial charge >= 0.3 is 0 Å². The smallest absolute Gasteiger partial charge is 0.259 e. The second-order valence-electron chi connectivity index (χ2n) is 6.88.